The molecule has 2 amide bonds. The van der Waals surface area contributed by atoms with E-state index in [0.717, 1.165) is 23.3 Å². The maximum Gasteiger partial charge on any atom is 0.416 e. The molecule has 0 bridgehead atoms. The van der Waals surface area contributed by atoms with Crippen LogP contribution in [0.5, 0.6) is 0 Å². The minimum absolute atomic E-state index is 0.0770. The maximum atomic E-state index is 14.5. The van der Waals surface area contributed by atoms with Crippen LogP contribution in [0.4, 0.5) is 18.9 Å². The molecule has 12 heteroatoms. The number of hydrogen-bond donors (Lipinski definition) is 1. The Labute approximate surface area is 284 Å². The summed E-state index contributed by atoms with van der Waals surface area (Å²) in [4.78, 5) is 29.5. The van der Waals surface area contributed by atoms with Crippen LogP contribution in [0.25, 0.3) is 0 Å². The lowest BCUT2D eigenvalue weighted by molar-refractivity contribution is -0.140. The molecular weight excluding hydrogens is 663 g/mol. The van der Waals surface area contributed by atoms with Gasteiger partial charge in [-0.05, 0) is 67.8 Å². The van der Waals surface area contributed by atoms with Crippen LogP contribution in [0.1, 0.15) is 42.5 Å². The number of aryl methyl sites for hydroxylation is 1. The summed E-state index contributed by atoms with van der Waals surface area (Å²) < 4.78 is 70.3. The molecule has 4 aromatic rings. The summed E-state index contributed by atoms with van der Waals surface area (Å²) in [6.07, 6.45) is -4.09. The van der Waals surface area contributed by atoms with Gasteiger partial charge in [-0.2, -0.15) is 13.2 Å². The van der Waals surface area contributed by atoms with Gasteiger partial charge in [0.15, 0.2) is 0 Å². The Hall–Kier alpha value is -4.35. The fourth-order valence-corrected chi connectivity index (χ4v) is 6.61. The largest absolute Gasteiger partial charge is 0.416 e. The number of alkyl halides is 3. The zero-order valence-corrected chi connectivity index (χ0v) is 28.3. The minimum atomic E-state index is -4.77. The average molecular weight is 700 g/mol. The zero-order chi connectivity index (χ0) is 35.1. The smallest absolute Gasteiger partial charge is 0.352 e. The average Bonchev–Trinajstić information content (AvgIpc) is 3.06. The number of amides is 2. The Morgan fingerprint density at radius 3 is 2.17 bits per heavy atom. The van der Waals surface area contributed by atoms with Crippen molar-refractivity contribution < 1.29 is 31.2 Å². The number of sulfonamides is 1. The van der Waals surface area contributed by atoms with Crippen LogP contribution >= 0.6 is 11.6 Å². The Balaban J connectivity index is 1.86. The van der Waals surface area contributed by atoms with Gasteiger partial charge >= 0.3 is 6.18 Å². The van der Waals surface area contributed by atoms with Crippen molar-refractivity contribution in [1.29, 1.82) is 0 Å². The molecular formula is C36H37ClF3N3O4S. The Morgan fingerprint density at radius 1 is 0.896 bits per heavy atom. The van der Waals surface area contributed by atoms with Crippen LogP contribution in [0, 0.1) is 6.92 Å². The standard InChI is InChI=1S/C36H37ClF3N3O4S/c1-4-26(3)41-35(45)33(21-27-11-6-5-7-12-27)42(23-28-13-8-9-16-32(28)37)34(44)24-43(30-15-10-14-29(22-30)36(38,39)40)48(46,47)31-19-17-25(2)18-20-31/h5-20,22,26,33H,4,21,23-24H2,1-3H3,(H,41,45)/t26-,33+/m0/s1. The van der Waals surface area contributed by atoms with Crippen molar-refractivity contribution in [3.05, 3.63) is 130 Å². The van der Waals surface area contributed by atoms with Gasteiger partial charge in [-0.15, -0.1) is 0 Å². The molecule has 0 aliphatic heterocycles. The third-order valence-corrected chi connectivity index (χ3v) is 10.1. The summed E-state index contributed by atoms with van der Waals surface area (Å²) in [5.74, 6) is -1.29. The van der Waals surface area contributed by atoms with Gasteiger partial charge in [-0.25, -0.2) is 8.42 Å². The molecule has 1 N–H and O–H groups in total. The first-order valence-electron chi connectivity index (χ1n) is 15.3. The third kappa shape index (κ3) is 9.17. The van der Waals surface area contributed by atoms with E-state index in [1.807, 2.05) is 19.9 Å². The van der Waals surface area contributed by atoms with E-state index in [0.29, 0.717) is 27.4 Å². The van der Waals surface area contributed by atoms with Crippen molar-refractivity contribution >= 4 is 39.1 Å². The molecule has 0 radical (unpaired) electrons. The molecule has 2 atom stereocenters. The molecule has 254 valence electrons. The fourth-order valence-electron chi connectivity index (χ4n) is 5.01. The molecule has 7 nitrogen and oxygen atoms in total. The molecule has 48 heavy (non-hydrogen) atoms. The van der Waals surface area contributed by atoms with Gasteiger partial charge in [0, 0.05) is 24.0 Å². The van der Waals surface area contributed by atoms with Gasteiger partial charge in [0.25, 0.3) is 10.0 Å². The van der Waals surface area contributed by atoms with Crippen molar-refractivity contribution in [2.75, 3.05) is 10.8 Å². The fraction of sp³-hybridized carbons (Fsp3) is 0.278. The van der Waals surface area contributed by atoms with E-state index in [9.17, 15) is 31.2 Å². The van der Waals surface area contributed by atoms with Crippen LogP contribution < -0.4 is 9.62 Å². The van der Waals surface area contributed by atoms with Gasteiger partial charge in [0.05, 0.1) is 16.1 Å². The Kier molecular flexibility index (Phi) is 11.9. The second-order valence-corrected chi connectivity index (χ2v) is 13.8. The van der Waals surface area contributed by atoms with Gasteiger partial charge in [0.1, 0.15) is 12.6 Å². The number of hydrogen-bond acceptors (Lipinski definition) is 4. The molecule has 0 saturated carbocycles. The highest BCUT2D eigenvalue weighted by Crippen LogP contribution is 2.33. The predicted octanol–water partition coefficient (Wildman–Crippen LogP) is 7.42. The number of benzene rings is 4. The molecule has 0 aliphatic carbocycles. The van der Waals surface area contributed by atoms with Crippen LogP contribution in [-0.2, 0) is 38.8 Å². The first-order valence-corrected chi connectivity index (χ1v) is 17.2. The first kappa shape index (κ1) is 36.5. The first-order chi connectivity index (χ1) is 22.7. The van der Waals surface area contributed by atoms with Crippen LogP contribution in [0.2, 0.25) is 5.02 Å². The number of anilines is 1. The van der Waals surface area contributed by atoms with Crippen LogP contribution in [0.15, 0.2) is 108 Å². The minimum Gasteiger partial charge on any atom is -0.352 e. The number of nitrogens with one attached hydrogen (secondary N) is 1. The van der Waals surface area contributed by atoms with E-state index in [2.05, 4.69) is 5.32 Å². The second-order valence-electron chi connectivity index (χ2n) is 11.5. The predicted molar refractivity (Wildman–Crippen MR) is 181 cm³/mol. The van der Waals surface area contributed by atoms with Crippen molar-refractivity contribution in [1.82, 2.24) is 10.2 Å². The van der Waals surface area contributed by atoms with E-state index in [-0.39, 0.29) is 29.6 Å². The Morgan fingerprint density at radius 2 is 1.54 bits per heavy atom. The number of halogens is 4. The molecule has 0 saturated heterocycles. The number of rotatable bonds is 13. The van der Waals surface area contributed by atoms with E-state index in [1.165, 1.54) is 23.1 Å². The normalized spacial score (nSPS) is 13.0. The van der Waals surface area contributed by atoms with E-state index in [4.69, 9.17) is 11.6 Å². The SMILES string of the molecule is CC[C@H](C)NC(=O)[C@@H](Cc1ccccc1)N(Cc1ccccc1Cl)C(=O)CN(c1cccc(C(F)(F)F)c1)S(=O)(=O)c1ccc(C)cc1. The van der Waals surface area contributed by atoms with E-state index in [1.54, 1.807) is 67.6 Å². The van der Waals surface area contributed by atoms with Gasteiger partial charge < -0.3 is 10.2 Å². The van der Waals surface area contributed by atoms with Gasteiger partial charge in [0.2, 0.25) is 11.8 Å². The summed E-state index contributed by atoms with van der Waals surface area (Å²) in [5.41, 5.74) is 0.548. The highest BCUT2D eigenvalue weighted by molar-refractivity contribution is 7.92. The lowest BCUT2D eigenvalue weighted by Crippen LogP contribution is -2.54. The molecule has 0 fully saturated rings. The summed E-state index contributed by atoms with van der Waals surface area (Å²) in [6, 6.07) is 23.9. The highest BCUT2D eigenvalue weighted by atomic mass is 35.5. The summed E-state index contributed by atoms with van der Waals surface area (Å²) in [5, 5.41) is 3.25. The molecule has 0 aromatic heterocycles. The topological polar surface area (TPSA) is 86.8 Å². The van der Waals surface area contributed by atoms with Crippen molar-refractivity contribution in [3.8, 4) is 0 Å². The van der Waals surface area contributed by atoms with E-state index < -0.39 is 46.2 Å². The summed E-state index contributed by atoms with van der Waals surface area (Å²) in [6.45, 7) is 4.40. The van der Waals surface area contributed by atoms with Crippen molar-refractivity contribution in [3.63, 3.8) is 0 Å². The Bertz CT molecular complexity index is 1820. The van der Waals surface area contributed by atoms with Crippen molar-refractivity contribution in [2.24, 2.45) is 0 Å². The van der Waals surface area contributed by atoms with Gasteiger partial charge in [-0.1, -0.05) is 90.8 Å². The molecule has 0 heterocycles. The molecule has 0 aliphatic rings. The number of carbonyl (C=O) groups excluding carboxylic acids is 2. The molecule has 0 unspecified atom stereocenters. The number of nitrogens with zero attached hydrogens (tertiary/aromatic N) is 2. The van der Waals surface area contributed by atoms with Crippen LogP contribution in [-0.4, -0.2) is 43.8 Å². The molecule has 4 aromatic carbocycles. The lowest BCUT2D eigenvalue weighted by atomic mass is 10.0. The number of carbonyl (C=O) groups is 2. The van der Waals surface area contributed by atoms with Crippen LogP contribution in [0.3, 0.4) is 0 Å². The molecule has 4 rings (SSSR count). The van der Waals surface area contributed by atoms with E-state index >= 15 is 0 Å². The summed E-state index contributed by atoms with van der Waals surface area (Å²) in [7, 11) is -4.58. The molecule has 0 spiro atoms. The third-order valence-electron chi connectivity index (χ3n) is 7.92. The zero-order valence-electron chi connectivity index (χ0n) is 26.7. The highest BCUT2D eigenvalue weighted by Gasteiger charge is 2.37. The lowest BCUT2D eigenvalue weighted by Gasteiger charge is -2.34. The summed E-state index contributed by atoms with van der Waals surface area (Å²) >= 11 is 6.50. The monoisotopic (exact) mass is 699 g/mol. The van der Waals surface area contributed by atoms with Crippen molar-refractivity contribution in [2.45, 2.75) is 63.3 Å². The maximum absolute atomic E-state index is 14.5. The second kappa shape index (κ2) is 15.7. The van der Waals surface area contributed by atoms with Gasteiger partial charge in [-0.3, -0.25) is 13.9 Å². The quantitative estimate of drug-likeness (QED) is 0.157.